The molecule has 0 radical (unpaired) electrons. The SMILES string of the molecule is N#CCC(=O)NN=Cc1ccc(OC(=O)c2ccccc2Cl)cc1. The van der Waals surface area contributed by atoms with Crippen molar-refractivity contribution < 1.29 is 14.3 Å². The minimum absolute atomic E-state index is 0.256. The van der Waals surface area contributed by atoms with Gasteiger partial charge in [-0.25, -0.2) is 10.2 Å². The zero-order chi connectivity index (χ0) is 17.4. The number of nitrogens with zero attached hydrogens (tertiary/aromatic N) is 2. The number of carbonyl (C=O) groups is 2. The highest BCUT2D eigenvalue weighted by Crippen LogP contribution is 2.18. The number of benzene rings is 2. The number of hydrazone groups is 1. The first-order valence-electron chi connectivity index (χ1n) is 6.86. The molecule has 2 aromatic rings. The smallest absolute Gasteiger partial charge is 0.345 e. The summed E-state index contributed by atoms with van der Waals surface area (Å²) in [5.41, 5.74) is 3.18. The summed E-state index contributed by atoms with van der Waals surface area (Å²) in [5, 5.41) is 12.4. The average molecular weight is 342 g/mol. The van der Waals surface area contributed by atoms with Gasteiger partial charge in [0, 0.05) is 0 Å². The van der Waals surface area contributed by atoms with Gasteiger partial charge in [0.05, 0.1) is 22.9 Å². The summed E-state index contributed by atoms with van der Waals surface area (Å²) < 4.78 is 5.24. The number of hydrogen-bond donors (Lipinski definition) is 1. The second-order valence-corrected chi connectivity index (χ2v) is 4.97. The van der Waals surface area contributed by atoms with E-state index in [1.54, 1.807) is 54.6 Å². The molecule has 0 unspecified atom stereocenters. The summed E-state index contributed by atoms with van der Waals surface area (Å²) in [5.74, 6) is -0.685. The predicted molar refractivity (Wildman–Crippen MR) is 88.8 cm³/mol. The molecule has 0 aliphatic rings. The standard InChI is InChI=1S/C17H12ClN3O3/c18-15-4-2-1-3-14(15)17(23)24-13-7-5-12(6-8-13)11-20-21-16(22)9-10-19/h1-8,11H,9H2,(H,21,22). The lowest BCUT2D eigenvalue weighted by Crippen LogP contribution is -2.16. The summed E-state index contributed by atoms with van der Waals surface area (Å²) in [6.45, 7) is 0. The molecule has 0 fully saturated rings. The van der Waals surface area contributed by atoms with Crippen LogP contribution in [0.1, 0.15) is 22.3 Å². The molecule has 0 aliphatic heterocycles. The van der Waals surface area contributed by atoms with Gasteiger partial charge in [0.25, 0.3) is 5.91 Å². The Kier molecular flexibility index (Phi) is 6.06. The molecule has 0 bridgehead atoms. The molecule has 120 valence electrons. The minimum Gasteiger partial charge on any atom is -0.423 e. The Morgan fingerprint density at radius 1 is 1.21 bits per heavy atom. The minimum atomic E-state index is -0.550. The molecular weight excluding hydrogens is 330 g/mol. The van der Waals surface area contributed by atoms with Crippen molar-refractivity contribution >= 4 is 29.7 Å². The molecule has 0 atom stereocenters. The number of esters is 1. The van der Waals surface area contributed by atoms with Crippen LogP contribution < -0.4 is 10.2 Å². The van der Waals surface area contributed by atoms with E-state index < -0.39 is 11.9 Å². The van der Waals surface area contributed by atoms with Gasteiger partial charge in [-0.2, -0.15) is 10.4 Å². The maximum Gasteiger partial charge on any atom is 0.345 e. The summed E-state index contributed by atoms with van der Waals surface area (Å²) in [4.78, 5) is 23.1. The molecule has 1 N–H and O–H groups in total. The van der Waals surface area contributed by atoms with E-state index in [9.17, 15) is 9.59 Å². The van der Waals surface area contributed by atoms with E-state index in [4.69, 9.17) is 21.6 Å². The van der Waals surface area contributed by atoms with E-state index in [0.717, 1.165) is 0 Å². The van der Waals surface area contributed by atoms with Gasteiger partial charge in [0.1, 0.15) is 12.2 Å². The molecule has 0 spiro atoms. The summed E-state index contributed by atoms with van der Waals surface area (Å²) >= 11 is 5.94. The van der Waals surface area contributed by atoms with Gasteiger partial charge >= 0.3 is 5.97 Å². The molecular formula is C17H12ClN3O3. The Bertz CT molecular complexity index is 811. The number of carbonyl (C=O) groups excluding carboxylic acids is 2. The average Bonchev–Trinajstić information content (AvgIpc) is 2.57. The van der Waals surface area contributed by atoms with Crippen LogP contribution in [-0.4, -0.2) is 18.1 Å². The summed E-state index contributed by atoms with van der Waals surface area (Å²) in [7, 11) is 0. The summed E-state index contributed by atoms with van der Waals surface area (Å²) in [6.07, 6.45) is 1.16. The first-order chi connectivity index (χ1) is 11.6. The van der Waals surface area contributed by atoms with Crippen molar-refractivity contribution in [3.8, 4) is 11.8 Å². The van der Waals surface area contributed by atoms with Crippen molar-refractivity contribution in [1.29, 1.82) is 5.26 Å². The topological polar surface area (TPSA) is 91.6 Å². The van der Waals surface area contributed by atoms with Gasteiger partial charge in [0.2, 0.25) is 0 Å². The lowest BCUT2D eigenvalue weighted by molar-refractivity contribution is -0.120. The van der Waals surface area contributed by atoms with Gasteiger partial charge in [-0.3, -0.25) is 4.79 Å². The van der Waals surface area contributed by atoms with Crippen LogP contribution in [0.5, 0.6) is 5.75 Å². The molecule has 0 aromatic heterocycles. The number of ether oxygens (including phenoxy) is 1. The van der Waals surface area contributed by atoms with Crippen LogP contribution in [-0.2, 0) is 4.79 Å². The number of halogens is 1. The van der Waals surface area contributed by atoms with Gasteiger partial charge in [0.15, 0.2) is 0 Å². The molecule has 0 heterocycles. The van der Waals surface area contributed by atoms with Crippen molar-refractivity contribution in [3.63, 3.8) is 0 Å². The van der Waals surface area contributed by atoms with E-state index in [1.165, 1.54) is 6.21 Å². The Morgan fingerprint density at radius 3 is 2.58 bits per heavy atom. The molecule has 2 aromatic carbocycles. The fraction of sp³-hybridized carbons (Fsp3) is 0.0588. The molecule has 2 rings (SSSR count). The van der Waals surface area contributed by atoms with E-state index in [1.807, 2.05) is 0 Å². The highest BCUT2D eigenvalue weighted by molar-refractivity contribution is 6.33. The maximum atomic E-state index is 12.0. The Balaban J connectivity index is 1.96. The first-order valence-corrected chi connectivity index (χ1v) is 7.23. The van der Waals surface area contributed by atoms with Crippen LogP contribution in [0.15, 0.2) is 53.6 Å². The van der Waals surface area contributed by atoms with Gasteiger partial charge in [-0.15, -0.1) is 0 Å². The Morgan fingerprint density at radius 2 is 1.92 bits per heavy atom. The van der Waals surface area contributed by atoms with Crippen molar-refractivity contribution in [2.75, 3.05) is 0 Å². The third-order valence-corrected chi connectivity index (χ3v) is 3.16. The zero-order valence-electron chi connectivity index (χ0n) is 12.4. The molecule has 7 heteroatoms. The Labute approximate surface area is 143 Å². The second-order valence-electron chi connectivity index (χ2n) is 4.57. The van der Waals surface area contributed by atoms with Crippen molar-refractivity contribution in [2.45, 2.75) is 6.42 Å². The van der Waals surface area contributed by atoms with Crippen molar-refractivity contribution in [3.05, 3.63) is 64.7 Å². The van der Waals surface area contributed by atoms with Crippen LogP contribution in [0.4, 0.5) is 0 Å². The highest BCUT2D eigenvalue weighted by atomic mass is 35.5. The fourth-order valence-corrected chi connectivity index (χ4v) is 1.91. The third-order valence-electron chi connectivity index (χ3n) is 2.83. The fourth-order valence-electron chi connectivity index (χ4n) is 1.70. The molecule has 24 heavy (non-hydrogen) atoms. The van der Waals surface area contributed by atoms with Crippen LogP contribution in [0.25, 0.3) is 0 Å². The molecule has 6 nitrogen and oxygen atoms in total. The van der Waals surface area contributed by atoms with Gasteiger partial charge in [-0.1, -0.05) is 23.7 Å². The zero-order valence-corrected chi connectivity index (χ0v) is 13.2. The van der Waals surface area contributed by atoms with Gasteiger partial charge in [-0.05, 0) is 42.0 Å². The van der Waals surface area contributed by atoms with Crippen molar-refractivity contribution in [2.24, 2.45) is 5.10 Å². The van der Waals surface area contributed by atoms with Crippen LogP contribution >= 0.6 is 11.6 Å². The molecule has 0 aliphatic carbocycles. The van der Waals surface area contributed by atoms with E-state index in [2.05, 4.69) is 10.5 Å². The lowest BCUT2D eigenvalue weighted by Gasteiger charge is -2.05. The number of amides is 1. The molecule has 0 saturated carbocycles. The largest absolute Gasteiger partial charge is 0.423 e. The van der Waals surface area contributed by atoms with Crippen LogP contribution in [0, 0.1) is 11.3 Å². The number of nitrogens with one attached hydrogen (secondary N) is 1. The van der Waals surface area contributed by atoms with E-state index >= 15 is 0 Å². The van der Waals surface area contributed by atoms with E-state index in [-0.39, 0.29) is 12.0 Å². The normalized spacial score (nSPS) is 10.2. The predicted octanol–water partition coefficient (Wildman–Crippen LogP) is 2.92. The van der Waals surface area contributed by atoms with Crippen LogP contribution in [0.3, 0.4) is 0 Å². The number of hydrogen-bond acceptors (Lipinski definition) is 5. The number of nitriles is 1. The van der Waals surface area contributed by atoms with Gasteiger partial charge < -0.3 is 4.74 Å². The molecule has 0 saturated heterocycles. The highest BCUT2D eigenvalue weighted by Gasteiger charge is 2.11. The van der Waals surface area contributed by atoms with Crippen LogP contribution in [0.2, 0.25) is 5.02 Å². The Hall–Kier alpha value is -3.17. The molecule has 1 amide bonds. The number of rotatable bonds is 5. The lowest BCUT2D eigenvalue weighted by atomic mass is 10.2. The maximum absolute atomic E-state index is 12.0. The first kappa shape index (κ1) is 17.2. The quantitative estimate of drug-likeness (QED) is 0.392. The third kappa shape index (κ3) is 4.93. The van der Waals surface area contributed by atoms with E-state index in [0.29, 0.717) is 16.3 Å². The monoisotopic (exact) mass is 341 g/mol. The summed E-state index contributed by atoms with van der Waals surface area (Å²) in [6, 6.07) is 14.8. The second kappa shape index (κ2) is 8.46. The van der Waals surface area contributed by atoms with Crippen molar-refractivity contribution in [1.82, 2.24) is 5.43 Å².